The van der Waals surface area contributed by atoms with Crippen molar-refractivity contribution in [3.05, 3.63) is 39.9 Å². The van der Waals surface area contributed by atoms with Gasteiger partial charge in [0, 0.05) is 17.5 Å². The Morgan fingerprint density at radius 3 is 2.39 bits per heavy atom. The second-order valence-electron chi connectivity index (χ2n) is 3.30. The minimum absolute atomic E-state index is 0.228. The molecule has 0 radical (unpaired) electrons. The van der Waals surface area contributed by atoms with Crippen LogP contribution in [-0.4, -0.2) is 12.3 Å². The number of ether oxygens (including phenoxy) is 2. The molecule has 0 saturated heterocycles. The van der Waals surface area contributed by atoms with Gasteiger partial charge in [-0.1, -0.05) is 48.3 Å². The largest absolute Gasteiger partial charge is 0.452 e. The summed E-state index contributed by atoms with van der Waals surface area (Å²) < 4.78 is 10.4. The van der Waals surface area contributed by atoms with Crippen LogP contribution >= 0.6 is 34.8 Å². The predicted octanol–water partition coefficient (Wildman–Crippen LogP) is 4.49. The van der Waals surface area contributed by atoms with Crippen LogP contribution in [0, 0.1) is 0 Å². The van der Waals surface area contributed by atoms with Gasteiger partial charge in [-0.25, -0.2) is 4.79 Å². The molecule has 0 N–H and O–H groups in total. The van der Waals surface area contributed by atoms with Gasteiger partial charge in [-0.2, -0.15) is 0 Å². The third-order valence-corrected chi connectivity index (χ3v) is 2.74. The monoisotopic (exact) mass is 308 g/mol. The predicted molar refractivity (Wildman–Crippen MR) is 72.5 cm³/mol. The number of benzene rings is 1. The Morgan fingerprint density at radius 2 is 1.94 bits per heavy atom. The first-order chi connectivity index (χ1) is 8.47. The van der Waals surface area contributed by atoms with Gasteiger partial charge in [-0.15, -0.1) is 0 Å². The average molecular weight is 310 g/mol. The fourth-order valence-corrected chi connectivity index (χ4v) is 2.05. The zero-order chi connectivity index (χ0) is 13.7. The first-order valence-electron chi connectivity index (χ1n) is 5.12. The molecule has 0 spiro atoms. The van der Waals surface area contributed by atoms with Gasteiger partial charge < -0.3 is 9.47 Å². The lowest BCUT2D eigenvalue weighted by Crippen LogP contribution is -2.22. The van der Waals surface area contributed by atoms with Crippen LogP contribution in [0.25, 0.3) is 0 Å². The molecule has 0 aliphatic carbocycles. The Morgan fingerprint density at radius 1 is 1.39 bits per heavy atom. The Bertz CT molecular complexity index is 437. The van der Waals surface area contributed by atoms with Crippen molar-refractivity contribution in [2.24, 2.45) is 0 Å². The van der Waals surface area contributed by atoms with Gasteiger partial charge in [-0.3, -0.25) is 0 Å². The van der Waals surface area contributed by atoms with Crippen LogP contribution in [0.5, 0.6) is 5.75 Å². The Balaban J connectivity index is 2.88. The molecular formula is C12H11Cl3O3. The molecule has 0 amide bonds. The topological polar surface area (TPSA) is 35.5 Å². The number of hydrogen-bond donors (Lipinski definition) is 0. The average Bonchev–Trinajstić information content (AvgIpc) is 2.31. The minimum Gasteiger partial charge on any atom is -0.452 e. The maximum atomic E-state index is 11.1. The highest BCUT2D eigenvalue weighted by atomic mass is 35.5. The van der Waals surface area contributed by atoms with Gasteiger partial charge in [-0.05, 0) is 12.1 Å². The van der Waals surface area contributed by atoms with E-state index >= 15 is 0 Å². The van der Waals surface area contributed by atoms with Crippen molar-refractivity contribution in [1.29, 1.82) is 0 Å². The van der Waals surface area contributed by atoms with Gasteiger partial charge in [0.05, 0.1) is 10.0 Å². The summed E-state index contributed by atoms with van der Waals surface area (Å²) in [4.78, 5) is 11.1. The Kier molecular flexibility index (Phi) is 5.79. The summed E-state index contributed by atoms with van der Waals surface area (Å²) in [6, 6.07) is 2.98. The molecule has 1 rings (SSSR count). The number of carbonyl (C=O) groups excluding carboxylic acids is 1. The number of halogens is 3. The van der Waals surface area contributed by atoms with Crippen LogP contribution in [0.3, 0.4) is 0 Å². The normalized spacial score (nSPS) is 11.8. The van der Waals surface area contributed by atoms with Crippen LogP contribution in [0.2, 0.25) is 15.1 Å². The molecular weight excluding hydrogens is 298 g/mol. The Hall–Kier alpha value is -0.900. The molecule has 0 aromatic heterocycles. The number of hydrogen-bond acceptors (Lipinski definition) is 3. The van der Waals surface area contributed by atoms with E-state index in [1.165, 1.54) is 12.1 Å². The van der Waals surface area contributed by atoms with Crippen molar-refractivity contribution in [3.63, 3.8) is 0 Å². The molecule has 0 bridgehead atoms. The van der Waals surface area contributed by atoms with E-state index in [-0.39, 0.29) is 15.8 Å². The highest BCUT2D eigenvalue weighted by Crippen LogP contribution is 2.36. The van der Waals surface area contributed by atoms with Gasteiger partial charge in [0.25, 0.3) is 0 Å². The highest BCUT2D eigenvalue weighted by molar-refractivity contribution is 6.40. The van der Waals surface area contributed by atoms with E-state index in [1.807, 2.05) is 0 Å². The van der Waals surface area contributed by atoms with Crippen LogP contribution in [-0.2, 0) is 9.53 Å². The molecule has 0 saturated carbocycles. The van der Waals surface area contributed by atoms with Crippen molar-refractivity contribution >= 4 is 40.8 Å². The second-order valence-corrected chi connectivity index (χ2v) is 4.55. The molecule has 0 aliphatic heterocycles. The van der Waals surface area contributed by atoms with E-state index in [0.29, 0.717) is 11.4 Å². The molecule has 0 aliphatic rings. The molecule has 1 unspecified atom stereocenters. The summed E-state index contributed by atoms with van der Waals surface area (Å²) in [5.74, 6) is -0.352. The van der Waals surface area contributed by atoms with Crippen LogP contribution in [0.4, 0.5) is 0 Å². The van der Waals surface area contributed by atoms with E-state index in [9.17, 15) is 4.79 Å². The zero-order valence-corrected chi connectivity index (χ0v) is 11.9. The third-order valence-electron chi connectivity index (χ3n) is 1.96. The van der Waals surface area contributed by atoms with Crippen LogP contribution in [0.15, 0.2) is 24.8 Å². The van der Waals surface area contributed by atoms with Gasteiger partial charge in [0.1, 0.15) is 0 Å². The van der Waals surface area contributed by atoms with E-state index in [2.05, 4.69) is 6.58 Å². The molecule has 1 aromatic rings. The maximum absolute atomic E-state index is 11.1. The SMILES string of the molecule is C=CC(=O)OC(CC)Oc1c(Cl)cc(Cl)cc1Cl. The van der Waals surface area contributed by atoms with Crippen molar-refractivity contribution in [3.8, 4) is 5.75 Å². The highest BCUT2D eigenvalue weighted by Gasteiger charge is 2.17. The summed E-state index contributed by atoms with van der Waals surface area (Å²) in [6.45, 7) is 5.09. The van der Waals surface area contributed by atoms with Crippen molar-refractivity contribution in [2.75, 3.05) is 0 Å². The van der Waals surface area contributed by atoms with Crippen molar-refractivity contribution < 1.29 is 14.3 Å². The lowest BCUT2D eigenvalue weighted by atomic mass is 10.3. The summed E-state index contributed by atoms with van der Waals surface area (Å²) in [6.07, 6.45) is 0.707. The fourth-order valence-electron chi connectivity index (χ4n) is 1.14. The molecule has 0 heterocycles. The van der Waals surface area contributed by atoms with Crippen LogP contribution < -0.4 is 4.74 Å². The molecule has 98 valence electrons. The number of esters is 1. The summed E-state index contributed by atoms with van der Waals surface area (Å²) >= 11 is 17.7. The van der Waals surface area contributed by atoms with Gasteiger partial charge in [0.15, 0.2) is 5.75 Å². The molecule has 1 aromatic carbocycles. The lowest BCUT2D eigenvalue weighted by molar-refractivity contribution is -0.157. The van der Waals surface area contributed by atoms with Crippen molar-refractivity contribution in [1.82, 2.24) is 0 Å². The first kappa shape index (κ1) is 15.2. The third kappa shape index (κ3) is 4.09. The van der Waals surface area contributed by atoms with E-state index in [1.54, 1.807) is 6.92 Å². The van der Waals surface area contributed by atoms with E-state index in [0.717, 1.165) is 6.08 Å². The van der Waals surface area contributed by atoms with Crippen molar-refractivity contribution in [2.45, 2.75) is 19.6 Å². The lowest BCUT2D eigenvalue weighted by Gasteiger charge is -2.18. The molecule has 3 nitrogen and oxygen atoms in total. The maximum Gasteiger partial charge on any atom is 0.333 e. The summed E-state index contributed by atoms with van der Waals surface area (Å²) in [5.41, 5.74) is 0. The van der Waals surface area contributed by atoms with Gasteiger partial charge >= 0.3 is 5.97 Å². The van der Waals surface area contributed by atoms with E-state index in [4.69, 9.17) is 44.3 Å². The summed E-state index contributed by atoms with van der Waals surface area (Å²) in [5, 5.41) is 0.898. The number of carbonyl (C=O) groups is 1. The molecule has 0 fully saturated rings. The standard InChI is InChI=1S/C12H11Cl3O3/c1-3-10(16)17-11(4-2)18-12-8(14)5-7(13)6-9(12)15/h3,5-6,11H,1,4H2,2H3. The quantitative estimate of drug-likeness (QED) is 0.456. The zero-order valence-electron chi connectivity index (χ0n) is 9.58. The fraction of sp³-hybridized carbons (Fsp3) is 0.250. The van der Waals surface area contributed by atoms with Crippen LogP contribution in [0.1, 0.15) is 13.3 Å². The number of rotatable bonds is 5. The molecule has 18 heavy (non-hydrogen) atoms. The summed E-state index contributed by atoms with van der Waals surface area (Å²) in [7, 11) is 0. The minimum atomic E-state index is -0.785. The second kappa shape index (κ2) is 6.88. The smallest absolute Gasteiger partial charge is 0.333 e. The molecule has 6 heteroatoms. The van der Waals surface area contributed by atoms with E-state index < -0.39 is 12.3 Å². The van der Waals surface area contributed by atoms with Gasteiger partial charge in [0.2, 0.25) is 6.29 Å². The molecule has 1 atom stereocenters. The first-order valence-corrected chi connectivity index (χ1v) is 6.25. The Labute approximate surface area is 120 Å².